The Morgan fingerprint density at radius 1 is 1.45 bits per heavy atom. The second kappa shape index (κ2) is 4.81. The van der Waals surface area contributed by atoms with E-state index in [-0.39, 0.29) is 17.0 Å². The van der Waals surface area contributed by atoms with Crippen molar-refractivity contribution in [3.05, 3.63) is 34.1 Å². The highest BCUT2D eigenvalue weighted by Crippen LogP contribution is 2.41. The lowest BCUT2D eigenvalue weighted by Crippen LogP contribution is -2.47. The Bertz CT molecular complexity index is 561. The number of amides is 1. The number of nitrogens with one attached hydrogen (secondary N) is 1. The molecule has 2 heterocycles. The molecule has 2 unspecified atom stereocenters. The summed E-state index contributed by atoms with van der Waals surface area (Å²) in [5.41, 5.74) is -0.0830. The summed E-state index contributed by atoms with van der Waals surface area (Å²) in [6, 6.07) is 4.52. The Morgan fingerprint density at radius 3 is 2.90 bits per heavy atom. The molecule has 0 saturated carbocycles. The molecule has 1 amide bonds. The van der Waals surface area contributed by atoms with Crippen LogP contribution in [0.15, 0.2) is 22.7 Å². The molecular weight excluding hydrogens is 323 g/mol. The van der Waals surface area contributed by atoms with Crippen LogP contribution in [-0.2, 0) is 0 Å². The summed E-state index contributed by atoms with van der Waals surface area (Å²) < 4.78 is 14.7. The number of rotatable bonds is 1. The quantitative estimate of drug-likeness (QED) is 0.852. The predicted octanol–water partition coefficient (Wildman–Crippen LogP) is 2.66. The van der Waals surface area contributed by atoms with Crippen LogP contribution >= 0.6 is 15.9 Å². The minimum Gasteiger partial charge on any atom is -0.333 e. The maximum atomic E-state index is 13.9. The monoisotopic (exact) mass is 340 g/mol. The van der Waals surface area contributed by atoms with Crippen LogP contribution in [-0.4, -0.2) is 36.0 Å². The van der Waals surface area contributed by atoms with Crippen LogP contribution in [0.2, 0.25) is 0 Å². The van der Waals surface area contributed by atoms with Gasteiger partial charge in [0, 0.05) is 29.6 Å². The summed E-state index contributed by atoms with van der Waals surface area (Å²) in [5.74, 6) is 0.262. The van der Waals surface area contributed by atoms with E-state index in [1.165, 1.54) is 6.07 Å². The van der Waals surface area contributed by atoms with Crippen molar-refractivity contribution in [3.8, 4) is 0 Å². The molecule has 2 atom stereocenters. The Balaban J connectivity index is 1.93. The highest BCUT2D eigenvalue weighted by Gasteiger charge is 2.51. The summed E-state index contributed by atoms with van der Waals surface area (Å²) in [6.07, 6.45) is 0. The summed E-state index contributed by atoms with van der Waals surface area (Å²) in [4.78, 5) is 14.6. The Hall–Kier alpha value is -0.940. The molecular formula is C15H18BrFN2O. The minimum absolute atomic E-state index is 0.153. The van der Waals surface area contributed by atoms with E-state index in [1.807, 2.05) is 4.90 Å². The Kier molecular flexibility index (Phi) is 3.37. The summed E-state index contributed by atoms with van der Waals surface area (Å²) in [7, 11) is 0. The molecule has 0 spiro atoms. The maximum absolute atomic E-state index is 13.9. The van der Waals surface area contributed by atoms with Crippen molar-refractivity contribution < 1.29 is 9.18 Å². The highest BCUT2D eigenvalue weighted by atomic mass is 79.9. The lowest BCUT2D eigenvalue weighted by molar-refractivity contribution is 0.0598. The van der Waals surface area contributed by atoms with Crippen LogP contribution in [0.5, 0.6) is 0 Å². The van der Waals surface area contributed by atoms with Crippen molar-refractivity contribution in [1.29, 1.82) is 0 Å². The van der Waals surface area contributed by atoms with E-state index in [4.69, 9.17) is 0 Å². The van der Waals surface area contributed by atoms with Gasteiger partial charge in [0.1, 0.15) is 5.82 Å². The number of halogens is 2. The predicted molar refractivity (Wildman–Crippen MR) is 79.1 cm³/mol. The molecule has 108 valence electrons. The van der Waals surface area contributed by atoms with Crippen LogP contribution in [0.25, 0.3) is 0 Å². The van der Waals surface area contributed by atoms with Crippen LogP contribution in [0.1, 0.15) is 24.2 Å². The van der Waals surface area contributed by atoms with Gasteiger partial charge < -0.3 is 10.2 Å². The molecule has 1 aromatic rings. The molecule has 2 aliphatic rings. The summed E-state index contributed by atoms with van der Waals surface area (Å²) in [5, 5.41) is 3.38. The first-order valence-corrected chi connectivity index (χ1v) is 7.68. The molecule has 0 radical (unpaired) electrons. The average Bonchev–Trinajstić information content (AvgIpc) is 2.94. The average molecular weight is 341 g/mol. The van der Waals surface area contributed by atoms with Crippen molar-refractivity contribution in [2.24, 2.45) is 11.8 Å². The third kappa shape index (κ3) is 2.07. The van der Waals surface area contributed by atoms with Gasteiger partial charge in [-0.2, -0.15) is 0 Å². The van der Waals surface area contributed by atoms with Crippen LogP contribution < -0.4 is 5.32 Å². The van der Waals surface area contributed by atoms with E-state index in [1.54, 1.807) is 12.1 Å². The lowest BCUT2D eigenvalue weighted by atomic mass is 9.84. The number of carbonyl (C=O) groups excluding carboxylic acids is 1. The first kappa shape index (κ1) is 14.0. The third-order valence-electron chi connectivity index (χ3n) is 4.76. The van der Waals surface area contributed by atoms with Crippen molar-refractivity contribution in [2.45, 2.75) is 19.4 Å². The number of benzene rings is 1. The fourth-order valence-corrected chi connectivity index (χ4v) is 3.93. The molecule has 3 nitrogen and oxygen atoms in total. The first-order valence-electron chi connectivity index (χ1n) is 6.89. The topological polar surface area (TPSA) is 32.3 Å². The molecule has 1 aromatic carbocycles. The van der Waals surface area contributed by atoms with Crippen molar-refractivity contribution >= 4 is 21.8 Å². The van der Waals surface area contributed by atoms with E-state index in [0.29, 0.717) is 18.4 Å². The van der Waals surface area contributed by atoms with Crippen LogP contribution in [0.3, 0.4) is 0 Å². The molecule has 20 heavy (non-hydrogen) atoms. The van der Waals surface area contributed by atoms with E-state index < -0.39 is 5.82 Å². The van der Waals surface area contributed by atoms with E-state index >= 15 is 0 Å². The number of hydrogen-bond donors (Lipinski definition) is 1. The number of likely N-dealkylation sites (tertiary alicyclic amines) is 1. The zero-order chi connectivity index (χ0) is 14.5. The second-order valence-corrected chi connectivity index (χ2v) is 7.13. The number of carbonyl (C=O) groups is 1. The molecule has 5 heteroatoms. The highest BCUT2D eigenvalue weighted by molar-refractivity contribution is 9.10. The van der Waals surface area contributed by atoms with Gasteiger partial charge in [0.05, 0.1) is 5.56 Å². The van der Waals surface area contributed by atoms with Gasteiger partial charge in [0.25, 0.3) is 5.91 Å². The van der Waals surface area contributed by atoms with Crippen molar-refractivity contribution in [2.75, 3.05) is 19.6 Å². The van der Waals surface area contributed by atoms with Crippen molar-refractivity contribution in [1.82, 2.24) is 10.2 Å². The zero-order valence-corrected chi connectivity index (χ0v) is 13.2. The minimum atomic E-state index is -0.454. The molecule has 2 aliphatic heterocycles. The molecule has 2 fully saturated rings. The Morgan fingerprint density at radius 2 is 2.20 bits per heavy atom. The normalized spacial score (nSPS) is 27.7. The molecule has 0 aromatic heterocycles. The van der Waals surface area contributed by atoms with Gasteiger partial charge in [-0.3, -0.25) is 4.79 Å². The summed E-state index contributed by atoms with van der Waals surface area (Å²) >= 11 is 3.30. The van der Waals surface area contributed by atoms with Gasteiger partial charge in [-0.05, 0) is 43.9 Å². The fraction of sp³-hybridized carbons (Fsp3) is 0.533. The molecule has 0 bridgehead atoms. The van der Waals surface area contributed by atoms with Gasteiger partial charge in [-0.15, -0.1) is 0 Å². The van der Waals surface area contributed by atoms with Crippen molar-refractivity contribution in [3.63, 3.8) is 0 Å². The summed E-state index contributed by atoms with van der Waals surface area (Å²) in [6.45, 7) is 6.74. The zero-order valence-electron chi connectivity index (χ0n) is 11.6. The van der Waals surface area contributed by atoms with Gasteiger partial charge in [0.15, 0.2) is 0 Å². The van der Waals surface area contributed by atoms with Gasteiger partial charge in [-0.25, -0.2) is 4.39 Å². The largest absolute Gasteiger partial charge is 0.333 e. The molecule has 1 N–H and O–H groups in total. The van der Waals surface area contributed by atoms with Crippen LogP contribution in [0, 0.1) is 17.7 Å². The maximum Gasteiger partial charge on any atom is 0.257 e. The van der Waals surface area contributed by atoms with E-state index in [0.717, 1.165) is 17.6 Å². The number of fused-ring (bicyclic) bond motifs is 1. The van der Waals surface area contributed by atoms with Crippen LogP contribution in [0.4, 0.5) is 4.39 Å². The molecule has 3 rings (SSSR count). The second-order valence-electron chi connectivity index (χ2n) is 6.22. The third-order valence-corrected chi connectivity index (χ3v) is 5.26. The number of nitrogens with zero attached hydrogens (tertiary/aromatic N) is 1. The standard InChI is InChI=1S/C15H18BrFN2O/c1-15(2)12-7-18-6-9(12)8-19(15)14(20)11-5-10(16)3-4-13(11)17/h3-5,9,12,18H,6-8H2,1-2H3. The lowest BCUT2D eigenvalue weighted by Gasteiger charge is -2.35. The van der Waals surface area contributed by atoms with Gasteiger partial charge in [-0.1, -0.05) is 15.9 Å². The van der Waals surface area contributed by atoms with E-state index in [9.17, 15) is 9.18 Å². The molecule has 0 aliphatic carbocycles. The first-order chi connectivity index (χ1) is 9.41. The molecule has 2 saturated heterocycles. The Labute approximate surface area is 126 Å². The van der Waals surface area contributed by atoms with Gasteiger partial charge in [0.2, 0.25) is 0 Å². The number of hydrogen-bond acceptors (Lipinski definition) is 2. The van der Waals surface area contributed by atoms with E-state index in [2.05, 4.69) is 35.1 Å². The van der Waals surface area contributed by atoms with Gasteiger partial charge >= 0.3 is 0 Å². The fourth-order valence-electron chi connectivity index (χ4n) is 3.57. The smallest absolute Gasteiger partial charge is 0.257 e. The SMILES string of the molecule is CC1(C)C2CNCC2CN1C(=O)c1cc(Br)ccc1F.